The molecule has 3 aromatic heterocycles. The fourth-order valence-corrected chi connectivity index (χ4v) is 6.13. The van der Waals surface area contributed by atoms with Gasteiger partial charge in [0, 0.05) is 24.0 Å². The number of nitrogens with zero attached hydrogens (tertiary/aromatic N) is 5. The van der Waals surface area contributed by atoms with Crippen molar-refractivity contribution in [3.8, 4) is 11.3 Å². The number of ketones is 1. The van der Waals surface area contributed by atoms with Crippen LogP contribution in [0.4, 0.5) is 5.82 Å². The van der Waals surface area contributed by atoms with Crippen LogP contribution in [0.2, 0.25) is 0 Å². The van der Waals surface area contributed by atoms with Crippen molar-refractivity contribution in [1.29, 1.82) is 0 Å². The van der Waals surface area contributed by atoms with Crippen LogP contribution in [0.1, 0.15) is 23.2 Å². The number of imidazole rings is 1. The molecule has 6 N–H and O–H groups in total. The van der Waals surface area contributed by atoms with Gasteiger partial charge >= 0.3 is 5.06 Å². The highest BCUT2D eigenvalue weighted by molar-refractivity contribution is 7.90. The maximum absolute atomic E-state index is 13.7. The van der Waals surface area contributed by atoms with Crippen molar-refractivity contribution >= 4 is 38.7 Å². The number of ether oxygens (including phenoxy) is 1. The topological polar surface area (TPSA) is 246 Å². The summed E-state index contributed by atoms with van der Waals surface area (Å²) < 4.78 is 40.7. The SMILES string of the molecule is Nc1ncnc2c1ncn2[C@]1(S(=O)(=O)NC(=O)CCC(=O)c2ccccc2-c2cnco2)O[C@H](CO)[C@@H](O)[C@H]1O. The minimum absolute atomic E-state index is 0.0443. The fourth-order valence-electron chi connectivity index (χ4n) is 4.48. The lowest BCUT2D eigenvalue weighted by atomic mass is 9.99. The number of nitrogen functional groups attached to an aromatic ring is 1. The molecule has 0 spiro atoms. The number of aromatic nitrogens is 5. The summed E-state index contributed by atoms with van der Waals surface area (Å²) in [5, 5.41) is 28.1. The van der Waals surface area contributed by atoms with Gasteiger partial charge in [0.1, 0.15) is 36.5 Å². The van der Waals surface area contributed by atoms with E-state index in [0.29, 0.717) is 11.3 Å². The molecule has 0 unspecified atom stereocenters. The Morgan fingerprint density at radius 2 is 1.93 bits per heavy atom. The molecule has 1 amide bonds. The van der Waals surface area contributed by atoms with Crippen molar-refractivity contribution < 1.29 is 42.5 Å². The number of nitrogens with one attached hydrogen (secondary N) is 1. The lowest BCUT2D eigenvalue weighted by Crippen LogP contribution is -2.56. The number of fused-ring (bicyclic) bond motifs is 1. The van der Waals surface area contributed by atoms with E-state index in [1.165, 1.54) is 18.7 Å². The van der Waals surface area contributed by atoms with E-state index in [2.05, 4.69) is 19.9 Å². The van der Waals surface area contributed by atoms with Crippen LogP contribution in [0, 0.1) is 0 Å². The molecule has 0 bridgehead atoms. The quantitative estimate of drug-likeness (QED) is 0.149. The van der Waals surface area contributed by atoms with E-state index in [1.807, 2.05) is 0 Å². The Morgan fingerprint density at radius 1 is 1.15 bits per heavy atom. The number of amides is 1. The van der Waals surface area contributed by atoms with Crippen molar-refractivity contribution in [2.75, 3.05) is 12.3 Å². The lowest BCUT2D eigenvalue weighted by Gasteiger charge is -2.32. The first-order valence-corrected chi connectivity index (χ1v) is 13.2. The first-order valence-electron chi connectivity index (χ1n) is 11.8. The molecule has 1 aliphatic rings. The highest BCUT2D eigenvalue weighted by Gasteiger charge is 2.65. The minimum atomic E-state index is -5.09. The highest BCUT2D eigenvalue weighted by atomic mass is 32.2. The number of aliphatic hydroxyl groups is 3. The highest BCUT2D eigenvalue weighted by Crippen LogP contribution is 2.41. The number of sulfonamides is 1. The average Bonchev–Trinajstić information content (AvgIpc) is 3.68. The second-order valence-corrected chi connectivity index (χ2v) is 10.6. The Bertz CT molecular complexity index is 1670. The van der Waals surface area contributed by atoms with Crippen LogP contribution in [0.5, 0.6) is 0 Å². The molecule has 17 heteroatoms. The summed E-state index contributed by atoms with van der Waals surface area (Å²) in [7, 11) is -5.09. The maximum atomic E-state index is 13.7. The van der Waals surface area contributed by atoms with E-state index in [9.17, 15) is 33.3 Å². The molecular formula is C23H23N7O9S. The molecule has 4 atom stereocenters. The van der Waals surface area contributed by atoms with Gasteiger partial charge in [-0.15, -0.1) is 0 Å². The number of carbonyl (C=O) groups is 2. The zero-order valence-corrected chi connectivity index (χ0v) is 21.3. The smallest absolute Gasteiger partial charge is 0.300 e. The predicted molar refractivity (Wildman–Crippen MR) is 134 cm³/mol. The molecule has 1 fully saturated rings. The average molecular weight is 574 g/mol. The monoisotopic (exact) mass is 573 g/mol. The van der Waals surface area contributed by atoms with E-state index in [0.717, 1.165) is 17.2 Å². The third-order valence-corrected chi connectivity index (χ3v) is 8.21. The Hall–Kier alpha value is -4.29. The Morgan fingerprint density at radius 3 is 2.62 bits per heavy atom. The molecule has 0 radical (unpaired) electrons. The molecule has 210 valence electrons. The predicted octanol–water partition coefficient (Wildman–Crippen LogP) is -1.10. The number of hydrogen-bond donors (Lipinski definition) is 5. The van der Waals surface area contributed by atoms with Gasteiger partial charge in [0.05, 0.1) is 12.8 Å². The van der Waals surface area contributed by atoms with Gasteiger partial charge in [-0.05, 0) is 0 Å². The lowest BCUT2D eigenvalue weighted by molar-refractivity contribution is -0.120. The Balaban J connectivity index is 1.42. The van der Waals surface area contributed by atoms with Gasteiger partial charge in [0.15, 0.2) is 29.4 Å². The van der Waals surface area contributed by atoms with E-state index < -0.39 is 58.1 Å². The Kier molecular flexibility index (Phi) is 7.06. The molecule has 0 saturated carbocycles. The molecule has 5 rings (SSSR count). The molecule has 4 heterocycles. The summed E-state index contributed by atoms with van der Waals surface area (Å²) in [6.45, 7) is -0.869. The molecule has 1 aliphatic heterocycles. The third-order valence-electron chi connectivity index (χ3n) is 6.41. The second-order valence-electron chi connectivity index (χ2n) is 8.81. The van der Waals surface area contributed by atoms with Gasteiger partial charge in [-0.3, -0.25) is 14.2 Å². The van der Waals surface area contributed by atoms with Gasteiger partial charge in [-0.1, -0.05) is 24.3 Å². The summed E-state index contributed by atoms with van der Waals surface area (Å²) in [6, 6.07) is 6.47. The molecule has 16 nitrogen and oxygen atoms in total. The summed E-state index contributed by atoms with van der Waals surface area (Å²) >= 11 is 0. The number of hydrogen-bond acceptors (Lipinski definition) is 14. The van der Waals surface area contributed by atoms with Crippen LogP contribution in [0.3, 0.4) is 0 Å². The maximum Gasteiger partial charge on any atom is 0.300 e. The van der Waals surface area contributed by atoms with Crippen LogP contribution < -0.4 is 10.5 Å². The van der Waals surface area contributed by atoms with Gasteiger partial charge in [0.2, 0.25) is 5.91 Å². The molecule has 0 aliphatic carbocycles. The summed E-state index contributed by atoms with van der Waals surface area (Å²) in [5.74, 6) is -1.37. The Labute approximate surface area is 225 Å². The van der Waals surface area contributed by atoms with E-state index in [4.69, 9.17) is 14.9 Å². The van der Waals surface area contributed by atoms with E-state index in [-0.39, 0.29) is 29.0 Å². The minimum Gasteiger partial charge on any atom is -0.443 e. The number of nitrogens with two attached hydrogens (primary N) is 1. The molecular weight excluding hydrogens is 550 g/mol. The standard InChI is InChI=1S/C23H23N7O9S/c24-21-18-22(27-9-26-21)30(10-28-18)23(20(35)19(34)16(8-31)39-23)40(36,37)29-17(33)6-5-14(32)12-3-1-2-4-13(12)15-7-25-11-38-15/h1-4,7,9-11,16,19-20,31,34-35H,5-6,8H2,(H,29,33)(H2,24,26,27)/t16-,19-,20-,23+/m1/s1. The van der Waals surface area contributed by atoms with Gasteiger partial charge < -0.3 is 30.2 Å². The van der Waals surface area contributed by atoms with Crippen LogP contribution in [0.25, 0.3) is 22.5 Å². The molecule has 4 aromatic rings. The van der Waals surface area contributed by atoms with Crippen molar-refractivity contribution in [3.05, 3.63) is 55.1 Å². The normalized spacial score (nSPS) is 22.9. The van der Waals surface area contributed by atoms with Crippen molar-refractivity contribution in [3.63, 3.8) is 0 Å². The zero-order valence-electron chi connectivity index (χ0n) is 20.5. The first kappa shape index (κ1) is 27.3. The molecule has 1 aromatic carbocycles. The number of oxazole rings is 1. The van der Waals surface area contributed by atoms with Crippen molar-refractivity contribution in [2.45, 2.75) is 36.2 Å². The first-order chi connectivity index (χ1) is 19.1. The molecule has 40 heavy (non-hydrogen) atoms. The van der Waals surface area contributed by atoms with Crippen LogP contribution in [-0.2, 0) is 24.6 Å². The van der Waals surface area contributed by atoms with Crippen LogP contribution >= 0.6 is 0 Å². The summed E-state index contributed by atoms with van der Waals surface area (Å²) in [5.41, 5.74) is 6.22. The summed E-state index contributed by atoms with van der Waals surface area (Å²) in [4.78, 5) is 41.3. The third kappa shape index (κ3) is 4.38. The molecule has 1 saturated heterocycles. The van der Waals surface area contributed by atoms with Gasteiger partial charge in [0.25, 0.3) is 10.0 Å². The number of anilines is 1. The number of aliphatic hydroxyl groups excluding tert-OH is 3. The largest absolute Gasteiger partial charge is 0.443 e. The van der Waals surface area contributed by atoms with Crippen LogP contribution in [-0.4, -0.2) is 84.8 Å². The fraction of sp³-hybridized carbons (Fsp3) is 0.304. The van der Waals surface area contributed by atoms with Gasteiger partial charge in [-0.25, -0.2) is 33.1 Å². The van der Waals surface area contributed by atoms with E-state index >= 15 is 0 Å². The second kappa shape index (κ2) is 10.4. The van der Waals surface area contributed by atoms with Crippen molar-refractivity contribution in [1.82, 2.24) is 29.2 Å². The number of rotatable bonds is 9. The summed E-state index contributed by atoms with van der Waals surface area (Å²) in [6.07, 6.45) is -2.06. The number of Topliss-reactive ketones (excluding diaryl/α,β-unsaturated/α-hetero) is 1. The van der Waals surface area contributed by atoms with Gasteiger partial charge in [-0.2, -0.15) is 0 Å². The zero-order chi connectivity index (χ0) is 28.7. The van der Waals surface area contributed by atoms with Crippen LogP contribution in [0.15, 0.2) is 53.9 Å². The number of carbonyl (C=O) groups excluding carboxylic acids is 2. The number of benzene rings is 1. The van der Waals surface area contributed by atoms with Crippen molar-refractivity contribution in [2.24, 2.45) is 0 Å². The van der Waals surface area contributed by atoms with E-state index in [1.54, 1.807) is 22.9 Å².